The van der Waals surface area contributed by atoms with Crippen LogP contribution in [0.25, 0.3) is 0 Å². The Hall–Kier alpha value is -3.67. The Bertz CT molecular complexity index is 1260. The molecule has 12 heteroatoms. The molecule has 230 valence electrons. The summed E-state index contributed by atoms with van der Waals surface area (Å²) >= 11 is 0. The lowest BCUT2D eigenvalue weighted by molar-refractivity contribution is -0.177. The van der Waals surface area contributed by atoms with E-state index in [1.54, 1.807) is 6.92 Å². The van der Waals surface area contributed by atoms with E-state index in [4.69, 9.17) is 4.74 Å². The Balaban J connectivity index is 2.36. The maximum atomic E-state index is 15.1. The Kier molecular flexibility index (Phi) is 11.9. The van der Waals surface area contributed by atoms with Crippen LogP contribution >= 0.6 is 0 Å². The lowest BCUT2D eigenvalue weighted by Crippen LogP contribution is -2.42. The van der Waals surface area contributed by atoms with Crippen molar-refractivity contribution in [1.29, 1.82) is 0 Å². The third kappa shape index (κ3) is 8.43. The summed E-state index contributed by atoms with van der Waals surface area (Å²) in [6, 6.07) is 9.33. The van der Waals surface area contributed by atoms with Crippen LogP contribution < -0.4 is 10.1 Å². The van der Waals surface area contributed by atoms with Crippen LogP contribution in [-0.4, -0.2) is 48.3 Å². The first-order chi connectivity index (χ1) is 19.6. The van der Waals surface area contributed by atoms with Gasteiger partial charge in [-0.1, -0.05) is 57.2 Å². The molecule has 0 aliphatic rings. The quantitative estimate of drug-likeness (QED) is 0.275. The van der Waals surface area contributed by atoms with E-state index in [2.05, 4.69) is 5.32 Å². The van der Waals surface area contributed by atoms with E-state index in [0.29, 0.717) is 5.75 Å². The molecule has 0 spiro atoms. The van der Waals surface area contributed by atoms with Crippen LogP contribution in [0.4, 0.5) is 22.0 Å². The summed E-state index contributed by atoms with van der Waals surface area (Å²) in [5.41, 5.74) is -0.213. The minimum Gasteiger partial charge on any atom is -0.497 e. The van der Waals surface area contributed by atoms with Crippen molar-refractivity contribution in [2.24, 2.45) is 17.8 Å². The van der Waals surface area contributed by atoms with Crippen LogP contribution in [0.1, 0.15) is 56.3 Å². The number of nitrogens with one attached hydrogen (secondary N) is 1. The first kappa shape index (κ1) is 34.5. The summed E-state index contributed by atoms with van der Waals surface area (Å²) in [6.45, 7) is 3.28. The van der Waals surface area contributed by atoms with Gasteiger partial charge in [0.2, 0.25) is 17.5 Å². The van der Waals surface area contributed by atoms with Gasteiger partial charge in [-0.15, -0.1) is 0 Å². The standard InChI is InChI=1S/C30H34F5NO6/c1-5-18-8-6-7-9-23(18)29(31,32)25(39)14-20(16-37)28(41)36-26(19-10-12-21(42-4)13-11-19)24(38)15-22(17(2)3)27(40)30(33,34)35/h6-13,17,20,22,26,37H,5,14-16H2,1-4H3,(H,36,41)/t20-,22-,26-/m0/s1. The normalized spacial score (nSPS) is 14.2. The number of methoxy groups -OCH3 is 1. The molecule has 7 nitrogen and oxygen atoms in total. The summed E-state index contributed by atoms with van der Waals surface area (Å²) in [5.74, 6) is -13.8. The number of rotatable bonds is 15. The average molecular weight is 600 g/mol. The molecular weight excluding hydrogens is 565 g/mol. The van der Waals surface area contributed by atoms with E-state index in [1.807, 2.05) is 0 Å². The van der Waals surface area contributed by atoms with E-state index in [-0.39, 0.29) is 17.5 Å². The van der Waals surface area contributed by atoms with Gasteiger partial charge in [0.15, 0.2) is 5.78 Å². The van der Waals surface area contributed by atoms with Gasteiger partial charge in [0.05, 0.1) is 19.6 Å². The molecular formula is C30H34F5NO6. The zero-order valence-electron chi connectivity index (χ0n) is 23.6. The summed E-state index contributed by atoms with van der Waals surface area (Å²) in [7, 11) is 1.37. The number of hydrogen-bond acceptors (Lipinski definition) is 6. The molecule has 3 atom stereocenters. The molecule has 1 amide bonds. The van der Waals surface area contributed by atoms with Crippen molar-refractivity contribution in [2.45, 2.75) is 58.2 Å². The Labute approximate surface area is 240 Å². The Morgan fingerprint density at radius 3 is 2.02 bits per heavy atom. The molecule has 2 N–H and O–H groups in total. The van der Waals surface area contributed by atoms with Gasteiger partial charge in [0, 0.05) is 24.3 Å². The molecule has 0 aromatic heterocycles. The summed E-state index contributed by atoms with van der Waals surface area (Å²) < 4.78 is 74.9. The maximum absolute atomic E-state index is 15.1. The third-order valence-corrected chi connectivity index (χ3v) is 7.01. The second-order valence-corrected chi connectivity index (χ2v) is 10.2. The molecule has 0 heterocycles. The first-order valence-electron chi connectivity index (χ1n) is 13.3. The molecule has 2 rings (SSSR count). The molecule has 0 bridgehead atoms. The highest BCUT2D eigenvalue weighted by Crippen LogP contribution is 2.35. The fourth-order valence-electron chi connectivity index (χ4n) is 4.46. The monoisotopic (exact) mass is 599 g/mol. The molecule has 0 saturated heterocycles. The molecule has 0 saturated carbocycles. The van der Waals surface area contributed by atoms with Crippen molar-refractivity contribution in [3.63, 3.8) is 0 Å². The predicted molar refractivity (Wildman–Crippen MR) is 143 cm³/mol. The number of hydrogen-bond donors (Lipinski definition) is 2. The number of benzene rings is 2. The number of ketones is 3. The molecule has 42 heavy (non-hydrogen) atoms. The largest absolute Gasteiger partial charge is 0.497 e. The molecule has 0 aliphatic heterocycles. The van der Waals surface area contributed by atoms with Crippen LogP contribution in [-0.2, 0) is 31.5 Å². The highest BCUT2D eigenvalue weighted by Gasteiger charge is 2.46. The maximum Gasteiger partial charge on any atom is 0.450 e. The molecule has 0 radical (unpaired) electrons. The molecule has 2 aromatic rings. The van der Waals surface area contributed by atoms with Crippen LogP contribution in [0.5, 0.6) is 5.75 Å². The zero-order valence-corrected chi connectivity index (χ0v) is 23.6. The van der Waals surface area contributed by atoms with Crippen LogP contribution in [0, 0.1) is 17.8 Å². The summed E-state index contributed by atoms with van der Waals surface area (Å²) in [5, 5.41) is 12.1. The molecule has 0 unspecified atom stereocenters. The van der Waals surface area contributed by atoms with Gasteiger partial charge in [-0.05, 0) is 35.6 Å². The van der Waals surface area contributed by atoms with E-state index >= 15 is 8.78 Å². The third-order valence-electron chi connectivity index (χ3n) is 7.01. The Morgan fingerprint density at radius 2 is 1.52 bits per heavy atom. The fourth-order valence-corrected chi connectivity index (χ4v) is 4.46. The van der Waals surface area contributed by atoms with Gasteiger partial charge >= 0.3 is 12.1 Å². The van der Waals surface area contributed by atoms with E-state index in [0.717, 1.165) is 6.07 Å². The second-order valence-electron chi connectivity index (χ2n) is 10.2. The van der Waals surface area contributed by atoms with Crippen molar-refractivity contribution in [3.05, 3.63) is 65.2 Å². The number of carbonyl (C=O) groups excluding carboxylic acids is 4. The van der Waals surface area contributed by atoms with E-state index < -0.39 is 84.2 Å². The highest BCUT2D eigenvalue weighted by atomic mass is 19.4. The number of Topliss-reactive ketones (excluding diaryl/α,β-unsaturated/α-hetero) is 3. The smallest absolute Gasteiger partial charge is 0.450 e. The number of aliphatic hydroxyl groups excluding tert-OH is 1. The van der Waals surface area contributed by atoms with E-state index in [9.17, 15) is 37.5 Å². The van der Waals surface area contributed by atoms with Gasteiger partial charge in [-0.3, -0.25) is 19.2 Å². The molecule has 0 aliphatic carbocycles. The van der Waals surface area contributed by atoms with Crippen molar-refractivity contribution >= 4 is 23.3 Å². The lowest BCUT2D eigenvalue weighted by atomic mass is 9.84. The van der Waals surface area contributed by atoms with Crippen molar-refractivity contribution in [1.82, 2.24) is 5.32 Å². The number of halogens is 5. The van der Waals surface area contributed by atoms with Gasteiger partial charge in [-0.2, -0.15) is 22.0 Å². The van der Waals surface area contributed by atoms with E-state index in [1.165, 1.54) is 63.4 Å². The van der Waals surface area contributed by atoms with Gasteiger partial charge in [0.25, 0.3) is 0 Å². The van der Waals surface area contributed by atoms with Crippen LogP contribution in [0.15, 0.2) is 48.5 Å². The van der Waals surface area contributed by atoms with Gasteiger partial charge < -0.3 is 15.2 Å². The molecule has 2 aromatic carbocycles. The number of alkyl halides is 5. The lowest BCUT2D eigenvalue weighted by Gasteiger charge is -2.26. The fraction of sp³-hybridized carbons (Fsp3) is 0.467. The van der Waals surface area contributed by atoms with Crippen molar-refractivity contribution in [2.75, 3.05) is 13.7 Å². The number of aryl methyl sites for hydroxylation is 1. The highest BCUT2D eigenvalue weighted by molar-refractivity contribution is 5.97. The second kappa shape index (κ2) is 14.5. The van der Waals surface area contributed by atoms with Crippen LogP contribution in [0.3, 0.4) is 0 Å². The topological polar surface area (TPSA) is 110 Å². The number of ether oxygens (including phenoxy) is 1. The number of amides is 1. The number of aliphatic hydroxyl groups is 1. The zero-order chi connectivity index (χ0) is 31.8. The average Bonchev–Trinajstić information content (AvgIpc) is 2.95. The van der Waals surface area contributed by atoms with Gasteiger partial charge in [-0.25, -0.2) is 0 Å². The minimum atomic E-state index is -5.20. The minimum absolute atomic E-state index is 0.0985. The first-order valence-corrected chi connectivity index (χ1v) is 13.3. The number of carbonyl (C=O) groups is 4. The molecule has 0 fully saturated rings. The SMILES string of the molecule is CCc1ccccc1C(F)(F)C(=O)C[C@@H](CO)C(=O)N[C@H](C(=O)C[C@H](C(=O)C(F)(F)F)C(C)C)c1ccc(OC)cc1. The summed E-state index contributed by atoms with van der Waals surface area (Å²) in [6.07, 6.45) is -6.96. The Morgan fingerprint density at radius 1 is 0.929 bits per heavy atom. The van der Waals surface area contributed by atoms with Crippen LogP contribution in [0.2, 0.25) is 0 Å². The summed E-state index contributed by atoms with van der Waals surface area (Å²) in [4.78, 5) is 51.1. The van der Waals surface area contributed by atoms with Crippen molar-refractivity contribution in [3.8, 4) is 5.75 Å². The van der Waals surface area contributed by atoms with Gasteiger partial charge in [0.1, 0.15) is 11.8 Å². The predicted octanol–water partition coefficient (Wildman–Crippen LogP) is 5.14. The van der Waals surface area contributed by atoms with Crippen molar-refractivity contribution < 1.29 is 51.0 Å².